The number of aryl methyl sites for hydroxylation is 1. The van der Waals surface area contributed by atoms with Gasteiger partial charge in [-0.2, -0.15) is 29.8 Å². The predicted octanol–water partition coefficient (Wildman–Crippen LogP) is 3.95. The summed E-state index contributed by atoms with van der Waals surface area (Å²) in [5.41, 5.74) is 4.28. The van der Waals surface area contributed by atoms with E-state index in [1.165, 1.54) is 12.1 Å². The van der Waals surface area contributed by atoms with Crippen LogP contribution in [-0.4, -0.2) is 94.1 Å². The Hall–Kier alpha value is -2.81. The van der Waals surface area contributed by atoms with Crippen molar-refractivity contribution in [2.75, 3.05) is 31.1 Å². The van der Waals surface area contributed by atoms with E-state index in [0.29, 0.717) is 42.9 Å². The van der Waals surface area contributed by atoms with Crippen LogP contribution in [0.5, 0.6) is 0 Å². The third kappa shape index (κ3) is 7.72. The van der Waals surface area contributed by atoms with Crippen LogP contribution in [-0.2, 0) is 51.2 Å². The number of unbranched alkanes of at least 4 members (excludes halogenated alkanes) is 1. The molecule has 2 atom stereocenters. The summed E-state index contributed by atoms with van der Waals surface area (Å²) in [7, 11) is -17.3. The molecule has 3 heterocycles. The SMILES string of the molecule is Cc1ccc2c(c1)C(C)(C)C(C=C/C=C1\C(C)(C)c3cc(S(=O)(=O)NCCS(=O)(=O)O)ccc3[N+]13CCCC3S(=O)(=O)O)=[N+]2CCCCS(=O)(=O)O. The Morgan fingerprint density at radius 2 is 1.54 bits per heavy atom. The Morgan fingerprint density at radius 1 is 0.865 bits per heavy atom. The van der Waals surface area contributed by atoms with E-state index in [-0.39, 0.29) is 28.0 Å². The Labute approximate surface area is 306 Å². The number of quaternary nitrogens is 1. The third-order valence-corrected chi connectivity index (χ3v) is 14.8. The highest BCUT2D eigenvalue weighted by molar-refractivity contribution is 7.89. The minimum atomic E-state index is -4.59. The summed E-state index contributed by atoms with van der Waals surface area (Å²) >= 11 is 0. The van der Waals surface area contributed by atoms with Crippen molar-refractivity contribution in [3.63, 3.8) is 0 Å². The lowest BCUT2D eigenvalue weighted by atomic mass is 9.80. The number of rotatable bonds is 13. The summed E-state index contributed by atoms with van der Waals surface area (Å²) in [4.78, 5) is -0.173. The van der Waals surface area contributed by atoms with Crippen LogP contribution in [0.25, 0.3) is 0 Å². The maximum absolute atomic E-state index is 13.2. The van der Waals surface area contributed by atoms with E-state index in [0.717, 1.165) is 22.5 Å². The quantitative estimate of drug-likeness (QED) is 0.0986. The molecule has 5 rings (SSSR count). The van der Waals surface area contributed by atoms with E-state index in [4.69, 9.17) is 4.55 Å². The first-order valence-corrected chi connectivity index (χ1v) is 23.1. The molecule has 1 saturated heterocycles. The zero-order valence-corrected chi connectivity index (χ0v) is 33.0. The largest absolute Gasteiger partial charge is 0.320 e. The molecule has 3 aliphatic heterocycles. The molecule has 0 saturated carbocycles. The fourth-order valence-electron chi connectivity index (χ4n) is 8.15. The van der Waals surface area contributed by atoms with E-state index >= 15 is 0 Å². The smallest absolute Gasteiger partial charge is 0.286 e. The average Bonchev–Trinajstić information content (AvgIpc) is 3.59. The Kier molecular flexibility index (Phi) is 10.7. The maximum atomic E-state index is 13.2. The highest BCUT2D eigenvalue weighted by atomic mass is 32.2. The van der Waals surface area contributed by atoms with Gasteiger partial charge in [0.2, 0.25) is 21.1 Å². The number of nitrogens with one attached hydrogen (secondary N) is 1. The fourth-order valence-corrected chi connectivity index (χ4v) is 11.5. The number of hydrogen-bond donors (Lipinski definition) is 4. The van der Waals surface area contributed by atoms with E-state index < -0.39 is 68.9 Å². The molecule has 14 nitrogen and oxygen atoms in total. The Morgan fingerprint density at radius 3 is 2.17 bits per heavy atom. The maximum Gasteiger partial charge on any atom is 0.320 e. The number of nitrogens with zero attached hydrogens (tertiary/aromatic N) is 2. The van der Waals surface area contributed by atoms with E-state index in [2.05, 4.69) is 29.2 Å². The third-order valence-electron chi connectivity index (χ3n) is 10.5. The number of sulfonamides is 1. The predicted molar refractivity (Wildman–Crippen MR) is 199 cm³/mol. The molecule has 1 spiro atoms. The molecular formula is C34H47N3O11S4+2. The van der Waals surface area contributed by atoms with Gasteiger partial charge in [0, 0.05) is 55.1 Å². The lowest BCUT2D eigenvalue weighted by Crippen LogP contribution is -2.55. The molecule has 3 aliphatic rings. The summed E-state index contributed by atoms with van der Waals surface area (Å²) in [5, 5.41) is -1.25. The van der Waals surface area contributed by atoms with Crippen LogP contribution in [0.1, 0.15) is 70.1 Å². The van der Waals surface area contributed by atoms with Crippen molar-refractivity contribution in [2.45, 2.75) is 81.4 Å². The van der Waals surface area contributed by atoms with Gasteiger partial charge in [-0.25, -0.2) is 17.6 Å². The van der Waals surface area contributed by atoms with Crippen LogP contribution in [0.4, 0.5) is 11.4 Å². The normalized spacial score (nSPS) is 23.6. The molecule has 2 unspecified atom stereocenters. The highest BCUT2D eigenvalue weighted by Gasteiger charge is 2.63. The molecule has 2 aromatic rings. The summed E-state index contributed by atoms with van der Waals surface area (Å²) in [5.74, 6) is -1.17. The first-order chi connectivity index (χ1) is 23.8. The minimum absolute atomic E-state index is 0.170. The van der Waals surface area contributed by atoms with Gasteiger partial charge in [-0.3, -0.25) is 13.7 Å². The molecule has 4 N–H and O–H groups in total. The second-order valence-electron chi connectivity index (χ2n) is 14.8. The van der Waals surface area contributed by atoms with Crippen LogP contribution >= 0.6 is 0 Å². The summed E-state index contributed by atoms with van der Waals surface area (Å²) in [6, 6.07) is 10.4. The minimum Gasteiger partial charge on any atom is -0.286 e. The molecule has 2 aromatic carbocycles. The zero-order chi connectivity index (χ0) is 38.7. The van der Waals surface area contributed by atoms with Crippen molar-refractivity contribution >= 4 is 57.5 Å². The topological polar surface area (TPSA) is 212 Å². The molecule has 286 valence electrons. The standard InChI is InChI=1S/C34H45N3O11S4/c1-24-13-15-28-26(22-24)33(2,3)30(36(28)18-6-7-20-49(38,39)40)10-8-11-31-34(4,5)27-23-25(51(44,45)35-17-21-50(41,42)43)14-16-29(27)37(31)19-9-12-32(37)52(46,47)48/h8,10-11,13-16,22-23,32,35H,6-7,9,12,17-21H2,1-5H3,(H-2,38,39,40,41,42,43,46,47,48)/p+2/b10-8?,31-11+. The van der Waals surface area contributed by atoms with Gasteiger partial charge in [0.25, 0.3) is 20.2 Å². The van der Waals surface area contributed by atoms with Gasteiger partial charge in [-0.1, -0.05) is 17.7 Å². The molecule has 0 aliphatic carbocycles. The van der Waals surface area contributed by atoms with Crippen LogP contribution in [0.3, 0.4) is 0 Å². The lowest BCUT2D eigenvalue weighted by molar-refractivity contribution is -0.438. The summed E-state index contributed by atoms with van der Waals surface area (Å²) in [6.45, 7) is 10.1. The Bertz CT molecular complexity index is 2330. The van der Waals surface area contributed by atoms with Gasteiger partial charge >= 0.3 is 10.1 Å². The molecule has 18 heteroatoms. The lowest BCUT2D eigenvalue weighted by Gasteiger charge is -2.37. The highest BCUT2D eigenvalue weighted by Crippen LogP contribution is 2.57. The van der Waals surface area contributed by atoms with Crippen LogP contribution in [0.15, 0.2) is 65.2 Å². The number of allylic oxidation sites excluding steroid dienone is 4. The van der Waals surface area contributed by atoms with Gasteiger partial charge in [0.1, 0.15) is 17.9 Å². The zero-order valence-electron chi connectivity index (χ0n) is 29.8. The van der Waals surface area contributed by atoms with Crippen molar-refractivity contribution in [3.8, 4) is 0 Å². The average molecular weight is 802 g/mol. The van der Waals surface area contributed by atoms with Gasteiger partial charge in [-0.05, 0) is 65.3 Å². The molecule has 52 heavy (non-hydrogen) atoms. The van der Waals surface area contributed by atoms with E-state index in [1.54, 1.807) is 6.07 Å². The van der Waals surface area contributed by atoms with E-state index in [1.807, 2.05) is 51.1 Å². The first kappa shape index (κ1) is 40.4. The second kappa shape index (κ2) is 13.8. The van der Waals surface area contributed by atoms with Crippen molar-refractivity contribution < 1.29 is 51.9 Å². The molecule has 0 amide bonds. The number of fused-ring (bicyclic) bond motifs is 3. The second-order valence-corrected chi connectivity index (χ2v) is 21.3. The van der Waals surface area contributed by atoms with Crippen molar-refractivity contribution in [1.29, 1.82) is 0 Å². The van der Waals surface area contributed by atoms with E-state index in [9.17, 15) is 42.8 Å². The van der Waals surface area contributed by atoms with Crippen LogP contribution < -0.4 is 9.21 Å². The Balaban J connectivity index is 1.62. The summed E-state index contributed by atoms with van der Waals surface area (Å²) in [6.07, 6.45) is 6.98. The number of benzene rings is 2. The van der Waals surface area contributed by atoms with Crippen molar-refractivity contribution in [2.24, 2.45) is 0 Å². The van der Waals surface area contributed by atoms with Crippen molar-refractivity contribution in [3.05, 3.63) is 77.0 Å². The first-order valence-electron chi connectivity index (χ1n) is 16.9. The van der Waals surface area contributed by atoms with Crippen molar-refractivity contribution in [1.82, 2.24) is 9.21 Å². The monoisotopic (exact) mass is 801 g/mol. The van der Waals surface area contributed by atoms with Crippen LogP contribution in [0.2, 0.25) is 0 Å². The molecular weight excluding hydrogens is 755 g/mol. The van der Waals surface area contributed by atoms with Gasteiger partial charge in [-0.15, -0.1) is 0 Å². The molecule has 0 aromatic heterocycles. The van der Waals surface area contributed by atoms with Crippen LogP contribution in [0, 0.1) is 6.92 Å². The fraction of sp³-hybridized carbons (Fsp3) is 0.500. The molecule has 1 fully saturated rings. The van der Waals surface area contributed by atoms with Gasteiger partial charge < -0.3 is 0 Å². The van der Waals surface area contributed by atoms with Gasteiger partial charge in [0.15, 0.2) is 5.71 Å². The molecule has 0 radical (unpaired) electrons. The number of hydrogen-bond acceptors (Lipinski definition) is 8. The van der Waals surface area contributed by atoms with Gasteiger partial charge in [0.05, 0.1) is 33.8 Å². The molecule has 0 bridgehead atoms. The summed E-state index contributed by atoms with van der Waals surface area (Å²) < 4.78 is 130.